The van der Waals surface area contributed by atoms with Crippen LogP contribution in [0.2, 0.25) is 0 Å². The first-order chi connectivity index (χ1) is 13.3. The first-order valence-corrected chi connectivity index (χ1v) is 9.61. The molecule has 1 N–H and O–H groups in total. The second-order valence-corrected chi connectivity index (χ2v) is 8.49. The van der Waals surface area contributed by atoms with Crippen LogP contribution in [0.3, 0.4) is 0 Å². The normalized spacial score (nSPS) is 19.6. The summed E-state index contributed by atoms with van der Waals surface area (Å²) < 4.78 is 36.4. The topological polar surface area (TPSA) is 38.6 Å². The Labute approximate surface area is 163 Å². The predicted octanol–water partition coefficient (Wildman–Crippen LogP) is 4.61. The van der Waals surface area contributed by atoms with E-state index in [0.717, 1.165) is 30.6 Å². The van der Waals surface area contributed by atoms with Crippen LogP contribution in [0.4, 0.5) is 8.78 Å². The summed E-state index contributed by atoms with van der Waals surface area (Å²) >= 11 is 0. The first kappa shape index (κ1) is 18.9. The van der Waals surface area contributed by atoms with Crippen molar-refractivity contribution < 1.29 is 13.5 Å². The third-order valence-electron chi connectivity index (χ3n) is 5.24. The van der Waals surface area contributed by atoms with Crippen molar-refractivity contribution in [3.63, 3.8) is 0 Å². The highest BCUT2D eigenvalue weighted by molar-refractivity contribution is 5.47. The lowest BCUT2D eigenvalue weighted by Crippen LogP contribution is -2.46. The van der Waals surface area contributed by atoms with Gasteiger partial charge in [0.25, 0.3) is 0 Å². The highest BCUT2D eigenvalue weighted by atomic mass is 19.1. The number of ether oxygens (including phenoxy) is 1. The van der Waals surface area contributed by atoms with E-state index in [1.165, 1.54) is 12.1 Å². The Morgan fingerprint density at radius 3 is 2.57 bits per heavy atom. The lowest BCUT2D eigenvalue weighted by atomic mass is 9.86. The predicted molar refractivity (Wildman–Crippen MR) is 105 cm³/mol. The first-order valence-electron chi connectivity index (χ1n) is 9.61. The average molecular weight is 385 g/mol. The summed E-state index contributed by atoms with van der Waals surface area (Å²) in [5.74, 6) is -0.845. The van der Waals surface area contributed by atoms with Crippen LogP contribution in [0.1, 0.15) is 44.7 Å². The van der Waals surface area contributed by atoms with Crippen molar-refractivity contribution in [2.24, 2.45) is 0 Å². The van der Waals surface area contributed by atoms with Gasteiger partial charge in [-0.05, 0) is 24.3 Å². The van der Waals surface area contributed by atoms with Crippen LogP contribution in [0.5, 0.6) is 5.75 Å². The van der Waals surface area contributed by atoms with Crippen LogP contribution >= 0.6 is 0 Å². The molecule has 4 nitrogen and oxygen atoms in total. The third kappa shape index (κ3) is 3.74. The number of hydrogen-bond acceptors (Lipinski definition) is 3. The van der Waals surface area contributed by atoms with Crippen LogP contribution in [0.15, 0.2) is 42.9 Å². The molecule has 0 amide bonds. The Kier molecular flexibility index (Phi) is 4.83. The van der Waals surface area contributed by atoms with Crippen molar-refractivity contribution in [1.29, 1.82) is 0 Å². The molecular weight excluding hydrogens is 360 g/mol. The minimum Gasteiger partial charge on any atom is -0.490 e. The molecule has 0 aliphatic heterocycles. The van der Waals surface area contributed by atoms with Gasteiger partial charge < -0.3 is 14.5 Å². The summed E-state index contributed by atoms with van der Waals surface area (Å²) in [6, 6.07) is 6.98. The van der Waals surface area contributed by atoms with E-state index in [1.807, 2.05) is 22.9 Å². The molecule has 0 bridgehead atoms. The fourth-order valence-electron chi connectivity index (χ4n) is 3.76. The average Bonchev–Trinajstić information content (AvgIpc) is 3.04. The second-order valence-electron chi connectivity index (χ2n) is 8.49. The number of benzene rings is 1. The molecule has 1 aliphatic rings. The Hall–Kier alpha value is -2.47. The van der Waals surface area contributed by atoms with Gasteiger partial charge in [0, 0.05) is 54.4 Å². The Bertz CT molecular complexity index is 964. The maximum atomic E-state index is 14.3. The van der Waals surface area contributed by atoms with Crippen molar-refractivity contribution in [3.8, 4) is 5.75 Å². The highest BCUT2D eigenvalue weighted by Crippen LogP contribution is 2.33. The molecule has 0 atom stereocenters. The van der Waals surface area contributed by atoms with E-state index in [-0.39, 0.29) is 17.4 Å². The number of aromatic nitrogens is 2. The van der Waals surface area contributed by atoms with Gasteiger partial charge in [-0.15, -0.1) is 0 Å². The number of imidazole rings is 1. The molecule has 0 spiro atoms. The second kappa shape index (κ2) is 7.17. The van der Waals surface area contributed by atoms with Crippen molar-refractivity contribution in [2.75, 3.05) is 0 Å². The van der Waals surface area contributed by atoms with E-state index in [1.54, 1.807) is 27.0 Å². The molecule has 148 valence electrons. The van der Waals surface area contributed by atoms with Gasteiger partial charge in [0.05, 0.1) is 0 Å². The van der Waals surface area contributed by atoms with Crippen LogP contribution in [0.25, 0.3) is 5.65 Å². The molecule has 3 aromatic rings. The van der Waals surface area contributed by atoms with E-state index in [4.69, 9.17) is 4.74 Å². The summed E-state index contributed by atoms with van der Waals surface area (Å²) in [4.78, 5) is 4.38. The van der Waals surface area contributed by atoms with E-state index in [2.05, 4.69) is 16.4 Å². The fraction of sp³-hybridized carbons (Fsp3) is 0.409. The molecular formula is C22H25F2N3O. The van der Waals surface area contributed by atoms with Gasteiger partial charge in [-0.2, -0.15) is 0 Å². The largest absolute Gasteiger partial charge is 0.490 e. The van der Waals surface area contributed by atoms with Crippen molar-refractivity contribution >= 4 is 5.65 Å². The molecule has 28 heavy (non-hydrogen) atoms. The van der Waals surface area contributed by atoms with Gasteiger partial charge in [-0.3, -0.25) is 0 Å². The minimum atomic E-state index is -0.587. The van der Waals surface area contributed by atoms with Gasteiger partial charge in [-0.25, -0.2) is 13.8 Å². The summed E-state index contributed by atoms with van der Waals surface area (Å²) in [6.45, 7) is 6.10. The molecule has 1 saturated carbocycles. The van der Waals surface area contributed by atoms with Crippen LogP contribution < -0.4 is 10.1 Å². The van der Waals surface area contributed by atoms with Gasteiger partial charge in [0.1, 0.15) is 29.1 Å². The number of halogens is 2. The van der Waals surface area contributed by atoms with E-state index in [9.17, 15) is 8.78 Å². The number of rotatable bonds is 5. The number of pyridine rings is 1. The summed E-state index contributed by atoms with van der Waals surface area (Å²) in [5.41, 5.74) is 1.60. The van der Waals surface area contributed by atoms with Gasteiger partial charge in [0.15, 0.2) is 0 Å². The van der Waals surface area contributed by atoms with Crippen LogP contribution in [0, 0.1) is 11.6 Å². The number of fused-ring (bicyclic) bond motifs is 1. The lowest BCUT2D eigenvalue weighted by molar-refractivity contribution is 0.0836. The molecule has 1 aliphatic carbocycles. The number of nitrogens with zero attached hydrogens (tertiary/aromatic N) is 2. The molecule has 0 saturated heterocycles. The van der Waals surface area contributed by atoms with E-state index >= 15 is 0 Å². The zero-order valence-electron chi connectivity index (χ0n) is 16.4. The van der Waals surface area contributed by atoms with Crippen molar-refractivity contribution in [1.82, 2.24) is 14.7 Å². The standard InChI is InChI=1S/C22H25F2N3O/c1-22(2,3)20-18(23)11-17(12-19(20)24)28-16-9-15(10-16)26-13-14-5-4-7-27-8-6-25-21(14)27/h4-8,11-12,15-16,26H,9-10,13H2,1-3H3/t15-,16+. The molecule has 6 heteroatoms. The molecule has 1 fully saturated rings. The summed E-state index contributed by atoms with van der Waals surface area (Å²) in [6.07, 6.45) is 7.27. The summed E-state index contributed by atoms with van der Waals surface area (Å²) in [5, 5.41) is 3.50. The SMILES string of the molecule is CC(C)(C)c1c(F)cc(O[C@H]2C[C@@H](NCc3cccn4ccnc34)C2)cc1F. The zero-order chi connectivity index (χ0) is 19.9. The van der Waals surface area contributed by atoms with E-state index < -0.39 is 17.0 Å². The fourth-order valence-corrected chi connectivity index (χ4v) is 3.76. The Morgan fingerprint density at radius 1 is 1.18 bits per heavy atom. The monoisotopic (exact) mass is 385 g/mol. The van der Waals surface area contributed by atoms with Crippen LogP contribution in [-0.2, 0) is 12.0 Å². The minimum absolute atomic E-state index is 0.0287. The highest BCUT2D eigenvalue weighted by Gasteiger charge is 2.31. The lowest BCUT2D eigenvalue weighted by Gasteiger charge is -2.36. The summed E-state index contributed by atoms with van der Waals surface area (Å²) in [7, 11) is 0. The molecule has 1 aromatic carbocycles. The third-order valence-corrected chi connectivity index (χ3v) is 5.24. The van der Waals surface area contributed by atoms with Crippen molar-refractivity contribution in [2.45, 2.75) is 57.7 Å². The molecule has 4 rings (SSSR count). The van der Waals surface area contributed by atoms with Gasteiger partial charge in [0.2, 0.25) is 0 Å². The quantitative estimate of drug-likeness (QED) is 0.697. The van der Waals surface area contributed by atoms with Gasteiger partial charge >= 0.3 is 0 Å². The molecule has 2 heterocycles. The molecule has 0 radical (unpaired) electrons. The van der Waals surface area contributed by atoms with Crippen LogP contribution in [-0.4, -0.2) is 21.5 Å². The number of hydrogen-bond donors (Lipinski definition) is 1. The zero-order valence-corrected chi connectivity index (χ0v) is 16.4. The maximum Gasteiger partial charge on any atom is 0.141 e. The Balaban J connectivity index is 1.32. The molecule has 0 unspecified atom stereocenters. The number of nitrogens with one attached hydrogen (secondary N) is 1. The van der Waals surface area contributed by atoms with Gasteiger partial charge in [-0.1, -0.05) is 26.8 Å². The smallest absolute Gasteiger partial charge is 0.141 e. The van der Waals surface area contributed by atoms with E-state index in [0.29, 0.717) is 6.04 Å². The van der Waals surface area contributed by atoms with Crippen molar-refractivity contribution in [3.05, 3.63) is 65.6 Å². The molecule has 2 aromatic heterocycles. The maximum absolute atomic E-state index is 14.3. The Morgan fingerprint density at radius 2 is 1.89 bits per heavy atom.